The van der Waals surface area contributed by atoms with Crippen LogP contribution in [0.5, 0.6) is 17.2 Å². The van der Waals surface area contributed by atoms with Gasteiger partial charge in [-0.2, -0.15) is 0 Å². The highest BCUT2D eigenvalue weighted by atomic mass is 79.9. The third-order valence-corrected chi connectivity index (χ3v) is 5.02. The molecule has 0 bridgehead atoms. The van der Waals surface area contributed by atoms with Crippen molar-refractivity contribution in [3.8, 4) is 17.2 Å². The normalized spacial score (nSPS) is 10.7. The predicted octanol–water partition coefficient (Wildman–Crippen LogP) is 5.87. The summed E-state index contributed by atoms with van der Waals surface area (Å²) < 4.78 is 17.2. The van der Waals surface area contributed by atoms with E-state index in [2.05, 4.69) is 15.9 Å². The van der Waals surface area contributed by atoms with Crippen LogP contribution in [-0.2, 0) is 11.4 Å². The minimum Gasteiger partial charge on any atom is -0.493 e. The molecule has 0 radical (unpaired) electrons. The second-order valence-corrected chi connectivity index (χ2v) is 7.67. The molecule has 164 valence electrons. The first kappa shape index (κ1) is 23.0. The highest BCUT2D eigenvalue weighted by Crippen LogP contribution is 2.37. The number of non-ortho nitro benzene ring substituents is 1. The van der Waals surface area contributed by atoms with Gasteiger partial charge in [-0.15, -0.1) is 0 Å². The van der Waals surface area contributed by atoms with Gasteiger partial charge in [0.1, 0.15) is 12.4 Å². The minimum absolute atomic E-state index is 0.0815. The number of esters is 1. The van der Waals surface area contributed by atoms with Crippen LogP contribution in [0.15, 0.2) is 71.2 Å². The maximum absolute atomic E-state index is 12.1. The van der Waals surface area contributed by atoms with Gasteiger partial charge >= 0.3 is 5.97 Å². The van der Waals surface area contributed by atoms with E-state index in [4.69, 9.17) is 14.2 Å². The molecule has 0 aliphatic rings. The van der Waals surface area contributed by atoms with E-state index >= 15 is 0 Å². The SMILES string of the molecule is COc1cc(/C=C/C(=O)Oc2ccc([N+](=O)[O-])cc2)cc(Br)c1OCc1ccc(C)cc1. The number of hydrogen-bond acceptors (Lipinski definition) is 6. The van der Waals surface area contributed by atoms with Gasteiger partial charge in [0.15, 0.2) is 11.5 Å². The molecule has 0 spiro atoms. The first-order valence-electron chi connectivity index (χ1n) is 9.56. The molecule has 0 atom stereocenters. The van der Waals surface area contributed by atoms with Crippen LogP contribution >= 0.6 is 15.9 Å². The first-order chi connectivity index (χ1) is 15.4. The Hall–Kier alpha value is -3.65. The number of carbonyl (C=O) groups excluding carboxylic acids is 1. The summed E-state index contributed by atoms with van der Waals surface area (Å²) >= 11 is 3.49. The molecule has 3 aromatic carbocycles. The van der Waals surface area contributed by atoms with Crippen molar-refractivity contribution in [3.05, 3.63) is 98.0 Å². The van der Waals surface area contributed by atoms with Crippen molar-refractivity contribution in [2.45, 2.75) is 13.5 Å². The molecule has 3 rings (SSSR count). The summed E-state index contributed by atoms with van der Waals surface area (Å²) in [4.78, 5) is 22.2. The zero-order valence-electron chi connectivity index (χ0n) is 17.4. The van der Waals surface area contributed by atoms with E-state index in [1.54, 1.807) is 18.2 Å². The average Bonchev–Trinajstić information content (AvgIpc) is 2.78. The van der Waals surface area contributed by atoms with Crippen molar-refractivity contribution in [3.63, 3.8) is 0 Å². The topological polar surface area (TPSA) is 87.9 Å². The second kappa shape index (κ2) is 10.6. The van der Waals surface area contributed by atoms with Gasteiger partial charge in [-0.1, -0.05) is 29.8 Å². The highest BCUT2D eigenvalue weighted by molar-refractivity contribution is 9.10. The van der Waals surface area contributed by atoms with Gasteiger partial charge < -0.3 is 14.2 Å². The van der Waals surface area contributed by atoms with Gasteiger partial charge in [0, 0.05) is 18.2 Å². The molecule has 0 aliphatic carbocycles. The molecule has 32 heavy (non-hydrogen) atoms. The molecule has 3 aromatic rings. The summed E-state index contributed by atoms with van der Waals surface area (Å²) in [7, 11) is 1.54. The number of halogens is 1. The first-order valence-corrected chi connectivity index (χ1v) is 10.3. The molecule has 0 aliphatic heterocycles. The number of nitrogens with zero attached hydrogens (tertiary/aromatic N) is 1. The lowest BCUT2D eigenvalue weighted by Crippen LogP contribution is -2.03. The number of hydrogen-bond donors (Lipinski definition) is 0. The lowest BCUT2D eigenvalue weighted by molar-refractivity contribution is -0.384. The molecule has 8 heteroatoms. The molecule has 0 aromatic heterocycles. The fraction of sp³-hybridized carbons (Fsp3) is 0.125. The van der Waals surface area contributed by atoms with E-state index in [1.165, 1.54) is 43.0 Å². The van der Waals surface area contributed by atoms with Crippen molar-refractivity contribution in [2.75, 3.05) is 7.11 Å². The Kier molecular flexibility index (Phi) is 7.62. The van der Waals surface area contributed by atoms with E-state index in [0.29, 0.717) is 28.1 Å². The molecular formula is C24H20BrNO6. The van der Waals surface area contributed by atoms with Crippen LogP contribution in [0, 0.1) is 17.0 Å². The van der Waals surface area contributed by atoms with Crippen LogP contribution in [0.25, 0.3) is 6.08 Å². The van der Waals surface area contributed by atoms with Gasteiger partial charge in [-0.05, 0) is 64.3 Å². The lowest BCUT2D eigenvalue weighted by Gasteiger charge is -2.14. The Labute approximate surface area is 193 Å². The Morgan fingerprint density at radius 2 is 1.78 bits per heavy atom. The van der Waals surface area contributed by atoms with Crippen molar-refractivity contribution in [1.82, 2.24) is 0 Å². The van der Waals surface area contributed by atoms with E-state index in [-0.39, 0.29) is 11.4 Å². The molecule has 0 unspecified atom stereocenters. The lowest BCUT2D eigenvalue weighted by atomic mass is 10.1. The number of benzene rings is 3. The summed E-state index contributed by atoms with van der Waals surface area (Å²) in [5.74, 6) is 0.658. The molecule has 0 heterocycles. The van der Waals surface area contributed by atoms with E-state index < -0.39 is 10.9 Å². The number of ether oxygens (including phenoxy) is 3. The number of carbonyl (C=O) groups is 1. The molecule has 0 N–H and O–H groups in total. The Balaban J connectivity index is 1.67. The van der Waals surface area contributed by atoms with Gasteiger partial charge in [-0.25, -0.2) is 4.79 Å². The maximum atomic E-state index is 12.1. The Morgan fingerprint density at radius 1 is 1.09 bits per heavy atom. The number of aryl methyl sites for hydroxylation is 1. The molecule has 0 amide bonds. The van der Waals surface area contributed by atoms with Crippen LogP contribution in [0.2, 0.25) is 0 Å². The fourth-order valence-corrected chi connectivity index (χ4v) is 3.34. The Bertz CT molecular complexity index is 1140. The van der Waals surface area contributed by atoms with Gasteiger partial charge in [0.05, 0.1) is 16.5 Å². The van der Waals surface area contributed by atoms with Crippen LogP contribution in [0.1, 0.15) is 16.7 Å². The molecule has 0 saturated heterocycles. The van der Waals surface area contributed by atoms with Crippen LogP contribution in [-0.4, -0.2) is 18.0 Å². The van der Waals surface area contributed by atoms with E-state index in [1.807, 2.05) is 31.2 Å². The van der Waals surface area contributed by atoms with Crippen LogP contribution in [0.4, 0.5) is 5.69 Å². The standard InChI is InChI=1S/C24H20BrNO6/c1-16-3-5-17(6-4-16)15-31-24-21(25)13-18(14-22(24)30-2)7-12-23(27)32-20-10-8-19(9-11-20)26(28)29/h3-14H,15H2,1-2H3/b12-7+. The molecule has 0 saturated carbocycles. The van der Waals surface area contributed by atoms with Crippen molar-refractivity contribution in [2.24, 2.45) is 0 Å². The van der Waals surface area contributed by atoms with Crippen molar-refractivity contribution in [1.29, 1.82) is 0 Å². The monoisotopic (exact) mass is 497 g/mol. The quantitative estimate of drug-likeness (QED) is 0.127. The largest absolute Gasteiger partial charge is 0.493 e. The number of nitro benzene ring substituents is 1. The number of nitro groups is 1. The Morgan fingerprint density at radius 3 is 2.41 bits per heavy atom. The van der Waals surface area contributed by atoms with E-state index in [9.17, 15) is 14.9 Å². The minimum atomic E-state index is -0.617. The zero-order valence-corrected chi connectivity index (χ0v) is 19.0. The van der Waals surface area contributed by atoms with Crippen LogP contribution in [0.3, 0.4) is 0 Å². The van der Waals surface area contributed by atoms with Crippen molar-refractivity contribution >= 4 is 33.7 Å². The van der Waals surface area contributed by atoms with E-state index in [0.717, 1.165) is 5.56 Å². The molecular weight excluding hydrogens is 478 g/mol. The highest BCUT2D eigenvalue weighted by Gasteiger charge is 2.12. The average molecular weight is 498 g/mol. The van der Waals surface area contributed by atoms with Gasteiger partial charge in [-0.3, -0.25) is 10.1 Å². The number of rotatable bonds is 8. The fourth-order valence-electron chi connectivity index (χ4n) is 2.77. The van der Waals surface area contributed by atoms with Gasteiger partial charge in [0.25, 0.3) is 5.69 Å². The maximum Gasteiger partial charge on any atom is 0.336 e. The smallest absolute Gasteiger partial charge is 0.336 e. The summed E-state index contributed by atoms with van der Waals surface area (Å²) in [6, 6.07) is 16.9. The third-order valence-electron chi connectivity index (χ3n) is 4.43. The molecule has 7 nitrogen and oxygen atoms in total. The second-order valence-electron chi connectivity index (χ2n) is 6.81. The predicted molar refractivity (Wildman–Crippen MR) is 124 cm³/mol. The molecule has 0 fully saturated rings. The zero-order chi connectivity index (χ0) is 23.1. The van der Waals surface area contributed by atoms with Crippen molar-refractivity contribution < 1.29 is 23.9 Å². The van der Waals surface area contributed by atoms with Crippen LogP contribution < -0.4 is 14.2 Å². The number of methoxy groups -OCH3 is 1. The summed E-state index contributed by atoms with van der Waals surface area (Å²) in [6.07, 6.45) is 2.83. The third kappa shape index (κ3) is 6.18. The van der Waals surface area contributed by atoms with Gasteiger partial charge in [0.2, 0.25) is 0 Å². The summed E-state index contributed by atoms with van der Waals surface area (Å²) in [5.41, 5.74) is 2.82. The summed E-state index contributed by atoms with van der Waals surface area (Å²) in [5, 5.41) is 10.7. The summed E-state index contributed by atoms with van der Waals surface area (Å²) in [6.45, 7) is 2.41.